The molecule has 1 unspecified atom stereocenters. The summed E-state index contributed by atoms with van der Waals surface area (Å²) in [6, 6.07) is 60.8. The lowest BCUT2D eigenvalue weighted by Crippen LogP contribution is -2.29. The summed E-state index contributed by atoms with van der Waals surface area (Å²) in [5.41, 5.74) is 10.9. The van der Waals surface area contributed by atoms with Crippen LogP contribution in [0, 0.1) is 11.6 Å². The zero-order valence-electron chi connectivity index (χ0n) is 30.2. The van der Waals surface area contributed by atoms with Gasteiger partial charge < -0.3 is 9.64 Å². The van der Waals surface area contributed by atoms with E-state index in [-0.39, 0.29) is 11.6 Å². The van der Waals surface area contributed by atoms with E-state index in [1.165, 1.54) is 18.2 Å². The standard InChI is InChI=1S/C51H34BrF2NO/c1-2-34-10-27-45(28-11-34)56-46-29-16-37(17-30-46)51(38-6-5-7-41(54)32-38)49-9-4-3-8-47(49)48-31-26-44(33-50(48)51)55(43-24-20-40(53)21-25-43)42-22-14-36(15-23-42)35-12-18-39(52)19-13-35/h2-33H,1H2. The summed E-state index contributed by atoms with van der Waals surface area (Å²) in [5.74, 6) is 0.777. The van der Waals surface area contributed by atoms with Crippen LogP contribution in [0.25, 0.3) is 28.3 Å². The Hall–Kier alpha value is -6.56. The molecule has 8 aromatic rings. The van der Waals surface area contributed by atoms with E-state index in [4.69, 9.17) is 4.74 Å². The first-order chi connectivity index (χ1) is 27.4. The van der Waals surface area contributed by atoms with Crippen LogP contribution in [0.5, 0.6) is 11.5 Å². The Labute approximate surface area is 333 Å². The molecule has 8 aromatic carbocycles. The Morgan fingerprint density at radius 3 is 1.75 bits per heavy atom. The van der Waals surface area contributed by atoms with Crippen LogP contribution in [-0.4, -0.2) is 0 Å². The van der Waals surface area contributed by atoms with Crippen LogP contribution in [-0.2, 0) is 5.41 Å². The highest BCUT2D eigenvalue weighted by atomic mass is 79.9. The third-order valence-corrected chi connectivity index (χ3v) is 11.1. The minimum Gasteiger partial charge on any atom is -0.457 e. The first kappa shape index (κ1) is 35.2. The van der Waals surface area contributed by atoms with E-state index in [0.717, 1.165) is 77.4 Å². The Kier molecular flexibility index (Phi) is 9.16. The summed E-state index contributed by atoms with van der Waals surface area (Å²) in [6.07, 6.45) is 1.80. The number of fused-ring (bicyclic) bond motifs is 3. The molecule has 270 valence electrons. The lowest BCUT2D eigenvalue weighted by molar-refractivity contribution is 0.482. The van der Waals surface area contributed by atoms with Gasteiger partial charge in [-0.25, -0.2) is 8.78 Å². The summed E-state index contributed by atoms with van der Waals surface area (Å²) in [5, 5.41) is 0. The third-order valence-electron chi connectivity index (χ3n) is 10.6. The largest absolute Gasteiger partial charge is 0.457 e. The smallest absolute Gasteiger partial charge is 0.127 e. The molecule has 0 amide bonds. The molecule has 0 saturated carbocycles. The van der Waals surface area contributed by atoms with Gasteiger partial charge in [-0.1, -0.05) is 120 Å². The average Bonchev–Trinajstić information content (AvgIpc) is 3.53. The molecule has 1 atom stereocenters. The van der Waals surface area contributed by atoms with Gasteiger partial charge in [0.1, 0.15) is 23.1 Å². The average molecular weight is 795 g/mol. The summed E-state index contributed by atoms with van der Waals surface area (Å²) in [7, 11) is 0. The normalized spacial score (nSPS) is 14.1. The van der Waals surface area contributed by atoms with Crippen LogP contribution in [0.3, 0.4) is 0 Å². The van der Waals surface area contributed by atoms with Gasteiger partial charge in [0, 0.05) is 21.5 Å². The molecule has 2 nitrogen and oxygen atoms in total. The molecule has 0 bridgehead atoms. The molecule has 0 spiro atoms. The number of rotatable bonds is 9. The maximum absolute atomic E-state index is 15.4. The maximum Gasteiger partial charge on any atom is 0.127 e. The topological polar surface area (TPSA) is 12.5 Å². The van der Waals surface area contributed by atoms with Crippen molar-refractivity contribution in [1.29, 1.82) is 0 Å². The zero-order valence-corrected chi connectivity index (χ0v) is 31.8. The van der Waals surface area contributed by atoms with E-state index in [1.54, 1.807) is 30.3 Å². The van der Waals surface area contributed by atoms with Crippen LogP contribution in [0.2, 0.25) is 0 Å². The molecule has 0 fully saturated rings. The molecule has 1 aliphatic rings. The van der Waals surface area contributed by atoms with Crippen molar-refractivity contribution in [1.82, 2.24) is 0 Å². The van der Waals surface area contributed by atoms with Crippen molar-refractivity contribution in [2.45, 2.75) is 5.41 Å². The zero-order chi connectivity index (χ0) is 38.2. The van der Waals surface area contributed by atoms with Gasteiger partial charge in [0.15, 0.2) is 0 Å². The molecule has 0 aromatic heterocycles. The molecule has 9 rings (SSSR count). The first-order valence-electron chi connectivity index (χ1n) is 18.3. The van der Waals surface area contributed by atoms with Crippen molar-refractivity contribution in [3.05, 3.63) is 239 Å². The fourth-order valence-corrected chi connectivity index (χ4v) is 8.24. The lowest BCUT2D eigenvalue weighted by Gasteiger charge is -2.35. The van der Waals surface area contributed by atoms with E-state index >= 15 is 4.39 Å². The summed E-state index contributed by atoms with van der Waals surface area (Å²) in [6.45, 7) is 3.84. The van der Waals surface area contributed by atoms with Gasteiger partial charge >= 0.3 is 0 Å². The molecule has 0 aliphatic heterocycles. The van der Waals surface area contributed by atoms with Gasteiger partial charge in [0.25, 0.3) is 0 Å². The van der Waals surface area contributed by atoms with Crippen LogP contribution in [0.4, 0.5) is 25.8 Å². The van der Waals surface area contributed by atoms with Crippen molar-refractivity contribution in [3.8, 4) is 33.8 Å². The second-order valence-electron chi connectivity index (χ2n) is 13.8. The lowest BCUT2D eigenvalue weighted by atomic mass is 9.67. The van der Waals surface area contributed by atoms with Gasteiger partial charge in [-0.2, -0.15) is 0 Å². The van der Waals surface area contributed by atoms with Crippen molar-refractivity contribution in [3.63, 3.8) is 0 Å². The van der Waals surface area contributed by atoms with E-state index in [9.17, 15) is 4.39 Å². The van der Waals surface area contributed by atoms with E-state index in [1.807, 2.05) is 66.7 Å². The molecule has 1 aliphatic carbocycles. The number of anilines is 3. The Balaban J connectivity index is 1.22. The number of hydrogen-bond donors (Lipinski definition) is 0. The number of nitrogens with zero attached hydrogens (tertiary/aromatic N) is 1. The number of ether oxygens (including phenoxy) is 1. The van der Waals surface area contributed by atoms with Crippen LogP contribution >= 0.6 is 15.9 Å². The van der Waals surface area contributed by atoms with Crippen molar-refractivity contribution in [2.75, 3.05) is 4.90 Å². The number of halogens is 3. The SMILES string of the molecule is C=Cc1ccc(Oc2ccc(C3(c4cccc(F)c4)c4ccccc4-c4ccc(N(c5ccc(F)cc5)c5ccc(-c6ccc(Br)cc6)cc5)cc43)cc2)cc1. The molecular weight excluding hydrogens is 760 g/mol. The third kappa shape index (κ3) is 6.30. The quantitative estimate of drug-likeness (QED) is 0.144. The minimum absolute atomic E-state index is 0.310. The molecule has 0 heterocycles. The Morgan fingerprint density at radius 1 is 0.500 bits per heavy atom. The summed E-state index contributed by atoms with van der Waals surface area (Å²) in [4.78, 5) is 2.14. The van der Waals surface area contributed by atoms with Gasteiger partial charge in [0.05, 0.1) is 5.41 Å². The molecule has 5 heteroatoms. The summed E-state index contributed by atoms with van der Waals surface area (Å²) < 4.78 is 37.1. The van der Waals surface area contributed by atoms with Crippen molar-refractivity contribution >= 4 is 39.1 Å². The Bertz CT molecular complexity index is 2690. The molecule has 0 saturated heterocycles. The van der Waals surface area contributed by atoms with E-state index in [2.05, 4.69) is 106 Å². The maximum atomic E-state index is 15.4. The Morgan fingerprint density at radius 2 is 1.09 bits per heavy atom. The number of hydrogen-bond acceptors (Lipinski definition) is 2. The van der Waals surface area contributed by atoms with E-state index in [0.29, 0.717) is 5.75 Å². The predicted octanol–water partition coefficient (Wildman–Crippen LogP) is 14.7. The van der Waals surface area contributed by atoms with Crippen LogP contribution in [0.1, 0.15) is 27.8 Å². The molecule has 56 heavy (non-hydrogen) atoms. The van der Waals surface area contributed by atoms with E-state index < -0.39 is 5.41 Å². The monoisotopic (exact) mass is 793 g/mol. The van der Waals surface area contributed by atoms with Gasteiger partial charge in [-0.3, -0.25) is 0 Å². The second-order valence-corrected chi connectivity index (χ2v) is 14.7. The fourth-order valence-electron chi connectivity index (χ4n) is 7.98. The van der Waals surface area contributed by atoms with Gasteiger partial charge in [-0.05, 0) is 147 Å². The highest BCUT2D eigenvalue weighted by Crippen LogP contribution is 2.57. The van der Waals surface area contributed by atoms with Crippen molar-refractivity contribution in [2.24, 2.45) is 0 Å². The molecular formula is C51H34BrF2NO. The van der Waals surface area contributed by atoms with Crippen LogP contribution < -0.4 is 9.64 Å². The predicted molar refractivity (Wildman–Crippen MR) is 228 cm³/mol. The molecule has 0 radical (unpaired) electrons. The first-order valence-corrected chi connectivity index (χ1v) is 19.1. The highest BCUT2D eigenvalue weighted by Gasteiger charge is 2.46. The molecule has 0 N–H and O–H groups in total. The number of benzene rings is 8. The minimum atomic E-state index is -0.881. The van der Waals surface area contributed by atoms with Crippen LogP contribution in [0.15, 0.2) is 199 Å². The second kappa shape index (κ2) is 14.6. The van der Waals surface area contributed by atoms with Gasteiger partial charge in [0.2, 0.25) is 0 Å². The fraction of sp³-hybridized carbons (Fsp3) is 0.0196. The highest BCUT2D eigenvalue weighted by molar-refractivity contribution is 9.10. The van der Waals surface area contributed by atoms with Gasteiger partial charge in [-0.15, -0.1) is 0 Å². The summed E-state index contributed by atoms with van der Waals surface area (Å²) >= 11 is 3.54. The van der Waals surface area contributed by atoms with Crippen molar-refractivity contribution < 1.29 is 13.5 Å².